The summed E-state index contributed by atoms with van der Waals surface area (Å²) in [4.78, 5) is 7.03. The van der Waals surface area contributed by atoms with Gasteiger partial charge >= 0.3 is 0 Å². The van der Waals surface area contributed by atoms with Gasteiger partial charge in [0.25, 0.3) is 0 Å². The van der Waals surface area contributed by atoms with Crippen molar-refractivity contribution < 1.29 is 0 Å². The summed E-state index contributed by atoms with van der Waals surface area (Å²) >= 11 is 0. The van der Waals surface area contributed by atoms with Crippen molar-refractivity contribution in [2.24, 2.45) is 7.05 Å². The Morgan fingerprint density at radius 3 is 2.76 bits per heavy atom. The fourth-order valence-corrected chi connectivity index (χ4v) is 3.33. The van der Waals surface area contributed by atoms with E-state index in [-0.39, 0.29) is 0 Å². The molecule has 1 aromatic heterocycles. The van der Waals surface area contributed by atoms with Gasteiger partial charge in [-0.3, -0.25) is 0 Å². The first-order valence-electron chi connectivity index (χ1n) is 8.06. The van der Waals surface area contributed by atoms with Crippen LogP contribution in [0.2, 0.25) is 0 Å². The molecule has 112 valence electrons. The molecule has 1 aromatic carbocycles. The van der Waals surface area contributed by atoms with E-state index >= 15 is 0 Å². The Kier molecular flexibility index (Phi) is 4.71. The molecule has 0 amide bonds. The first-order valence-corrected chi connectivity index (χ1v) is 8.06. The zero-order valence-corrected chi connectivity index (χ0v) is 12.9. The van der Waals surface area contributed by atoms with Crippen molar-refractivity contribution in [3.63, 3.8) is 0 Å². The summed E-state index contributed by atoms with van der Waals surface area (Å²) in [5.74, 6) is 1.93. The van der Waals surface area contributed by atoms with Gasteiger partial charge in [0.1, 0.15) is 5.82 Å². The molecule has 1 saturated heterocycles. The van der Waals surface area contributed by atoms with Crippen LogP contribution in [0, 0.1) is 0 Å². The minimum Gasteiger partial charge on any atom is -0.338 e. The minimum atomic E-state index is 0.740. The Balaban J connectivity index is 1.53. The van der Waals surface area contributed by atoms with Crippen LogP contribution in [0.25, 0.3) is 0 Å². The van der Waals surface area contributed by atoms with Crippen molar-refractivity contribution in [3.8, 4) is 0 Å². The van der Waals surface area contributed by atoms with E-state index in [1.807, 2.05) is 12.4 Å². The van der Waals surface area contributed by atoms with E-state index in [2.05, 4.69) is 51.8 Å². The van der Waals surface area contributed by atoms with Gasteiger partial charge in [0.05, 0.1) is 0 Å². The van der Waals surface area contributed by atoms with Crippen LogP contribution in [0.5, 0.6) is 0 Å². The van der Waals surface area contributed by atoms with Crippen LogP contribution < -0.4 is 0 Å². The molecular weight excluding hydrogens is 258 g/mol. The molecule has 0 N–H and O–H groups in total. The molecule has 0 aliphatic carbocycles. The molecule has 1 atom stereocenters. The lowest BCUT2D eigenvalue weighted by molar-refractivity contribution is 0.285. The van der Waals surface area contributed by atoms with Gasteiger partial charge in [-0.15, -0.1) is 0 Å². The third-order valence-electron chi connectivity index (χ3n) is 4.66. The van der Waals surface area contributed by atoms with E-state index in [1.54, 1.807) is 0 Å². The van der Waals surface area contributed by atoms with Crippen molar-refractivity contribution in [1.82, 2.24) is 14.5 Å². The third kappa shape index (κ3) is 3.73. The number of hydrogen-bond donors (Lipinski definition) is 0. The van der Waals surface area contributed by atoms with Gasteiger partial charge in [0.15, 0.2) is 0 Å². The van der Waals surface area contributed by atoms with Crippen molar-refractivity contribution in [2.75, 3.05) is 19.6 Å². The molecule has 2 aromatic rings. The zero-order chi connectivity index (χ0) is 14.5. The summed E-state index contributed by atoms with van der Waals surface area (Å²) in [5.41, 5.74) is 1.52. The Labute approximate surface area is 127 Å². The number of imidazole rings is 1. The maximum absolute atomic E-state index is 4.42. The summed E-state index contributed by atoms with van der Waals surface area (Å²) in [6.45, 7) is 3.57. The van der Waals surface area contributed by atoms with E-state index in [4.69, 9.17) is 0 Å². The van der Waals surface area contributed by atoms with Crippen LogP contribution in [-0.2, 0) is 13.5 Å². The monoisotopic (exact) mass is 283 g/mol. The Bertz CT molecular complexity index is 547. The van der Waals surface area contributed by atoms with Crippen molar-refractivity contribution in [3.05, 3.63) is 54.1 Å². The van der Waals surface area contributed by atoms with Gasteiger partial charge in [0.2, 0.25) is 0 Å². The fraction of sp³-hybridized carbons (Fsp3) is 0.500. The van der Waals surface area contributed by atoms with Crippen molar-refractivity contribution in [2.45, 2.75) is 31.6 Å². The normalized spacial score (nSPS) is 20.3. The lowest BCUT2D eigenvalue weighted by atomic mass is 9.92. The molecule has 0 radical (unpaired) electrons. The minimum absolute atomic E-state index is 0.740. The highest BCUT2D eigenvalue weighted by Crippen LogP contribution is 2.27. The average molecular weight is 283 g/mol. The molecule has 3 heteroatoms. The highest BCUT2D eigenvalue weighted by molar-refractivity contribution is 5.19. The number of aryl methyl sites for hydroxylation is 1. The van der Waals surface area contributed by atoms with Gasteiger partial charge in [-0.05, 0) is 43.8 Å². The molecule has 3 nitrogen and oxygen atoms in total. The summed E-state index contributed by atoms with van der Waals surface area (Å²) < 4.78 is 2.13. The quantitative estimate of drug-likeness (QED) is 0.859. The molecule has 0 saturated carbocycles. The maximum Gasteiger partial charge on any atom is 0.109 e. The SMILES string of the molecule is Cn1ccnc1CCN1CCCC(c2ccccc2)CC1. The fourth-order valence-electron chi connectivity index (χ4n) is 3.33. The summed E-state index contributed by atoms with van der Waals surface area (Å²) in [5, 5.41) is 0. The van der Waals surface area contributed by atoms with Crippen LogP contribution in [0.1, 0.15) is 36.6 Å². The predicted octanol–water partition coefficient (Wildman–Crippen LogP) is 3.23. The molecule has 0 spiro atoms. The maximum atomic E-state index is 4.42. The molecule has 21 heavy (non-hydrogen) atoms. The Morgan fingerprint density at radius 1 is 1.14 bits per heavy atom. The van der Waals surface area contributed by atoms with Crippen molar-refractivity contribution in [1.29, 1.82) is 0 Å². The topological polar surface area (TPSA) is 21.1 Å². The van der Waals surface area contributed by atoms with Crippen LogP contribution in [-0.4, -0.2) is 34.1 Å². The molecular formula is C18H25N3. The molecule has 1 unspecified atom stereocenters. The summed E-state index contributed by atoms with van der Waals surface area (Å²) in [6.07, 6.45) is 8.89. The molecule has 2 heterocycles. The first-order chi connectivity index (χ1) is 10.3. The van der Waals surface area contributed by atoms with Crippen LogP contribution >= 0.6 is 0 Å². The first kappa shape index (κ1) is 14.3. The largest absolute Gasteiger partial charge is 0.338 e. The van der Waals surface area contributed by atoms with Gasteiger partial charge in [0, 0.05) is 32.4 Å². The smallest absolute Gasteiger partial charge is 0.109 e. The molecule has 3 rings (SSSR count). The second kappa shape index (κ2) is 6.90. The van der Waals surface area contributed by atoms with E-state index in [9.17, 15) is 0 Å². The Morgan fingerprint density at radius 2 is 2.00 bits per heavy atom. The number of hydrogen-bond acceptors (Lipinski definition) is 2. The number of benzene rings is 1. The van der Waals surface area contributed by atoms with Gasteiger partial charge < -0.3 is 9.47 Å². The number of nitrogens with zero attached hydrogens (tertiary/aromatic N) is 3. The highest BCUT2D eigenvalue weighted by Gasteiger charge is 2.18. The van der Waals surface area contributed by atoms with E-state index < -0.39 is 0 Å². The van der Waals surface area contributed by atoms with E-state index in [0.29, 0.717) is 0 Å². The van der Waals surface area contributed by atoms with Crippen LogP contribution in [0.15, 0.2) is 42.7 Å². The van der Waals surface area contributed by atoms with E-state index in [1.165, 1.54) is 43.7 Å². The third-order valence-corrected chi connectivity index (χ3v) is 4.66. The zero-order valence-electron chi connectivity index (χ0n) is 12.9. The van der Waals surface area contributed by atoms with Crippen LogP contribution in [0.3, 0.4) is 0 Å². The van der Waals surface area contributed by atoms with Crippen molar-refractivity contribution >= 4 is 0 Å². The standard InChI is InChI=1S/C18H25N3/c1-20-15-11-19-18(20)10-14-21-12-5-8-17(9-13-21)16-6-3-2-4-7-16/h2-4,6-7,11,15,17H,5,8-10,12-14H2,1H3. The van der Waals surface area contributed by atoms with E-state index in [0.717, 1.165) is 18.9 Å². The average Bonchev–Trinajstić information content (AvgIpc) is 2.79. The number of rotatable bonds is 4. The molecule has 1 aliphatic heterocycles. The summed E-state index contributed by atoms with van der Waals surface area (Å²) in [7, 11) is 2.08. The highest BCUT2D eigenvalue weighted by atomic mass is 15.1. The molecule has 0 bridgehead atoms. The lowest BCUT2D eigenvalue weighted by Crippen LogP contribution is -2.27. The molecule has 1 aliphatic rings. The Hall–Kier alpha value is -1.61. The number of aromatic nitrogens is 2. The van der Waals surface area contributed by atoms with Gasteiger partial charge in [-0.2, -0.15) is 0 Å². The second-order valence-electron chi connectivity index (χ2n) is 6.08. The number of likely N-dealkylation sites (tertiary alicyclic amines) is 1. The van der Waals surface area contributed by atoms with Gasteiger partial charge in [-0.1, -0.05) is 30.3 Å². The lowest BCUT2D eigenvalue weighted by Gasteiger charge is -2.20. The van der Waals surface area contributed by atoms with Crippen LogP contribution in [0.4, 0.5) is 0 Å². The summed E-state index contributed by atoms with van der Waals surface area (Å²) in [6, 6.07) is 11.0. The molecule has 1 fully saturated rings. The predicted molar refractivity (Wildman–Crippen MR) is 86.4 cm³/mol. The van der Waals surface area contributed by atoms with Gasteiger partial charge in [-0.25, -0.2) is 4.98 Å². The second-order valence-corrected chi connectivity index (χ2v) is 6.08.